The van der Waals surface area contributed by atoms with Crippen LogP contribution < -0.4 is 0 Å². The molecule has 3 saturated carbocycles. The van der Waals surface area contributed by atoms with Crippen LogP contribution in [-0.2, 0) is 9.53 Å². The van der Waals surface area contributed by atoms with Crippen molar-refractivity contribution < 1.29 is 9.53 Å². The van der Waals surface area contributed by atoms with Crippen molar-refractivity contribution in [1.82, 2.24) is 0 Å². The highest BCUT2D eigenvalue weighted by Gasteiger charge is 2.59. The minimum atomic E-state index is -0.204. The molecule has 8 atom stereocenters. The molecule has 0 saturated heterocycles. The second-order valence-corrected chi connectivity index (χ2v) is 14.3. The van der Waals surface area contributed by atoms with E-state index < -0.39 is 0 Å². The van der Waals surface area contributed by atoms with Gasteiger partial charge in [0.1, 0.15) is 6.10 Å². The van der Waals surface area contributed by atoms with Gasteiger partial charge in [-0.1, -0.05) is 95.9 Å². The summed E-state index contributed by atoms with van der Waals surface area (Å²) in [5, 5.41) is 0. The van der Waals surface area contributed by atoms with Crippen LogP contribution in [0.3, 0.4) is 0 Å². The van der Waals surface area contributed by atoms with E-state index in [0.717, 1.165) is 53.9 Å². The molecule has 0 heterocycles. The molecule has 0 spiro atoms. The van der Waals surface area contributed by atoms with Gasteiger partial charge in [-0.05, 0) is 103 Å². The first-order valence-electron chi connectivity index (χ1n) is 15.8. The lowest BCUT2D eigenvalue weighted by molar-refractivity contribution is -0.145. The maximum Gasteiger partial charge on any atom is 0.331 e. The molecule has 0 bridgehead atoms. The molecule has 0 N–H and O–H groups in total. The van der Waals surface area contributed by atoms with Crippen molar-refractivity contribution in [2.75, 3.05) is 0 Å². The molecule has 0 amide bonds. The first-order valence-corrected chi connectivity index (χ1v) is 15.8. The quantitative estimate of drug-likeness (QED) is 0.195. The topological polar surface area (TPSA) is 26.3 Å². The molecule has 0 radical (unpaired) electrons. The maximum atomic E-state index is 12.6. The molecular formula is C36H52O2. The van der Waals surface area contributed by atoms with Crippen LogP contribution in [0, 0.1) is 46.3 Å². The molecule has 3 fully saturated rings. The third kappa shape index (κ3) is 5.44. The van der Waals surface area contributed by atoms with Crippen LogP contribution >= 0.6 is 0 Å². The summed E-state index contributed by atoms with van der Waals surface area (Å²) >= 11 is 0. The zero-order valence-electron chi connectivity index (χ0n) is 24.8. The Morgan fingerprint density at radius 2 is 1.79 bits per heavy atom. The fourth-order valence-electron chi connectivity index (χ4n) is 9.68. The smallest absolute Gasteiger partial charge is 0.331 e. The van der Waals surface area contributed by atoms with Gasteiger partial charge < -0.3 is 4.74 Å². The van der Waals surface area contributed by atoms with E-state index in [2.05, 4.69) is 40.7 Å². The zero-order valence-corrected chi connectivity index (χ0v) is 24.8. The van der Waals surface area contributed by atoms with E-state index in [4.69, 9.17) is 4.74 Å². The predicted octanol–water partition coefficient (Wildman–Crippen LogP) is 9.65. The monoisotopic (exact) mass is 516 g/mol. The first-order chi connectivity index (χ1) is 18.2. The van der Waals surface area contributed by atoms with Crippen LogP contribution in [0.1, 0.15) is 111 Å². The number of fused-ring (bicyclic) bond motifs is 5. The molecule has 1 aromatic rings. The fourth-order valence-corrected chi connectivity index (χ4v) is 9.68. The molecular weight excluding hydrogens is 464 g/mol. The first kappa shape index (κ1) is 27.7. The molecule has 2 nitrogen and oxygen atoms in total. The Morgan fingerprint density at radius 1 is 1.00 bits per heavy atom. The molecule has 4 aliphatic rings. The standard InChI is InChI=1S/C36H52O2/c1-25(2)10-9-11-26(3)31-17-18-32-30-16-15-28-24-29(38-34(37)19-14-27-12-7-6-8-13-27)20-22-35(28,4)33(30)21-23-36(31,32)5/h6-8,12-15,19,25-26,29-33H,9-11,16-18,20-24H2,1-5H3/t26-,29+,30?,31-,32?,33?,35+,36-/m1/s1. The van der Waals surface area contributed by atoms with Crippen molar-refractivity contribution in [2.24, 2.45) is 46.3 Å². The van der Waals surface area contributed by atoms with Gasteiger partial charge in [0, 0.05) is 12.5 Å². The van der Waals surface area contributed by atoms with Crippen LogP contribution in [0.2, 0.25) is 0 Å². The third-order valence-corrected chi connectivity index (χ3v) is 11.8. The Hall–Kier alpha value is -1.83. The van der Waals surface area contributed by atoms with Crippen LogP contribution in [0.4, 0.5) is 0 Å². The minimum absolute atomic E-state index is 0.0233. The second-order valence-electron chi connectivity index (χ2n) is 14.3. The molecule has 1 aromatic carbocycles. The number of hydrogen-bond donors (Lipinski definition) is 0. The number of rotatable bonds is 8. The molecule has 5 rings (SSSR count). The predicted molar refractivity (Wildman–Crippen MR) is 158 cm³/mol. The maximum absolute atomic E-state index is 12.6. The van der Waals surface area contributed by atoms with Crippen LogP contribution in [0.15, 0.2) is 48.1 Å². The second kappa shape index (κ2) is 11.3. The number of benzene rings is 1. The van der Waals surface area contributed by atoms with Gasteiger partial charge in [0.05, 0.1) is 0 Å². The van der Waals surface area contributed by atoms with Crippen molar-refractivity contribution >= 4 is 12.0 Å². The van der Waals surface area contributed by atoms with Crippen molar-refractivity contribution in [3.8, 4) is 0 Å². The van der Waals surface area contributed by atoms with E-state index in [-0.39, 0.29) is 12.1 Å². The van der Waals surface area contributed by atoms with Gasteiger partial charge in [-0.15, -0.1) is 0 Å². The lowest BCUT2D eigenvalue weighted by Gasteiger charge is -2.58. The number of carbonyl (C=O) groups excluding carboxylic acids is 1. The van der Waals surface area contributed by atoms with E-state index in [1.165, 1.54) is 57.8 Å². The summed E-state index contributed by atoms with van der Waals surface area (Å²) in [4.78, 5) is 12.6. The normalized spacial score (nSPS) is 37.3. The summed E-state index contributed by atoms with van der Waals surface area (Å²) in [6, 6.07) is 9.99. The van der Waals surface area contributed by atoms with Gasteiger partial charge >= 0.3 is 5.97 Å². The number of allylic oxidation sites excluding steroid dienone is 1. The summed E-state index contributed by atoms with van der Waals surface area (Å²) in [5.74, 6) is 4.97. The Labute approximate surface area is 232 Å². The molecule has 38 heavy (non-hydrogen) atoms. The largest absolute Gasteiger partial charge is 0.459 e. The zero-order chi connectivity index (χ0) is 26.9. The Bertz CT molecular complexity index is 1020. The highest BCUT2D eigenvalue weighted by Crippen LogP contribution is 2.67. The fraction of sp³-hybridized carbons (Fsp3) is 0.694. The van der Waals surface area contributed by atoms with E-state index >= 15 is 0 Å². The van der Waals surface area contributed by atoms with Gasteiger partial charge in [-0.2, -0.15) is 0 Å². The van der Waals surface area contributed by atoms with Crippen LogP contribution in [0.25, 0.3) is 6.08 Å². The third-order valence-electron chi connectivity index (χ3n) is 11.8. The van der Waals surface area contributed by atoms with Crippen molar-refractivity contribution in [1.29, 1.82) is 0 Å². The SMILES string of the molecule is CC(C)CCC[C@@H](C)[C@H]1CCC2C3CC=C4C[C@@H](OC(=O)C=Cc5ccccc5)CC[C@]4(C)C3CC[C@@]21C. The number of hydrogen-bond acceptors (Lipinski definition) is 2. The van der Waals surface area contributed by atoms with E-state index in [1.54, 1.807) is 11.6 Å². The molecule has 3 unspecified atom stereocenters. The van der Waals surface area contributed by atoms with Gasteiger partial charge in [0.2, 0.25) is 0 Å². The minimum Gasteiger partial charge on any atom is -0.459 e. The Kier molecular flexibility index (Phi) is 8.28. The molecule has 0 aromatic heterocycles. The highest BCUT2D eigenvalue weighted by atomic mass is 16.5. The summed E-state index contributed by atoms with van der Waals surface area (Å²) in [5.41, 5.74) is 3.46. The van der Waals surface area contributed by atoms with Gasteiger partial charge in [-0.3, -0.25) is 0 Å². The molecule has 208 valence electrons. The summed E-state index contributed by atoms with van der Waals surface area (Å²) < 4.78 is 5.95. The summed E-state index contributed by atoms with van der Waals surface area (Å²) in [7, 11) is 0. The summed E-state index contributed by atoms with van der Waals surface area (Å²) in [6.07, 6.45) is 20.3. The lowest BCUT2D eigenvalue weighted by Crippen LogP contribution is -2.51. The number of esters is 1. The molecule has 4 aliphatic carbocycles. The lowest BCUT2D eigenvalue weighted by atomic mass is 9.47. The van der Waals surface area contributed by atoms with Crippen molar-refractivity contribution in [2.45, 2.75) is 111 Å². The summed E-state index contributed by atoms with van der Waals surface area (Å²) in [6.45, 7) is 12.6. The average Bonchev–Trinajstić information content (AvgIpc) is 3.25. The van der Waals surface area contributed by atoms with E-state index in [9.17, 15) is 4.79 Å². The molecule has 2 heteroatoms. The average molecular weight is 517 g/mol. The Balaban J connectivity index is 1.22. The number of ether oxygens (including phenoxy) is 1. The van der Waals surface area contributed by atoms with Gasteiger partial charge in [0.15, 0.2) is 0 Å². The van der Waals surface area contributed by atoms with Crippen LogP contribution in [0.5, 0.6) is 0 Å². The Morgan fingerprint density at radius 3 is 2.55 bits per heavy atom. The van der Waals surface area contributed by atoms with Crippen LogP contribution in [-0.4, -0.2) is 12.1 Å². The van der Waals surface area contributed by atoms with Gasteiger partial charge in [0.25, 0.3) is 0 Å². The van der Waals surface area contributed by atoms with E-state index in [0.29, 0.717) is 10.8 Å². The number of carbonyl (C=O) groups is 1. The van der Waals surface area contributed by atoms with Crippen molar-refractivity contribution in [3.05, 3.63) is 53.6 Å². The molecule has 0 aliphatic heterocycles. The van der Waals surface area contributed by atoms with E-state index in [1.807, 2.05) is 36.4 Å². The van der Waals surface area contributed by atoms with Crippen molar-refractivity contribution in [3.63, 3.8) is 0 Å². The highest BCUT2D eigenvalue weighted by molar-refractivity contribution is 5.87. The van der Waals surface area contributed by atoms with Gasteiger partial charge in [-0.25, -0.2) is 4.79 Å².